The third-order valence-electron chi connectivity index (χ3n) is 5.52. The number of nitrogens with one attached hydrogen (secondary N) is 1. The van der Waals surface area contributed by atoms with Gasteiger partial charge in [-0.25, -0.2) is 0 Å². The van der Waals surface area contributed by atoms with E-state index in [2.05, 4.69) is 5.32 Å². The molecular weight excluding hydrogens is 451 g/mol. The molecule has 1 amide bonds. The molecule has 0 aromatic heterocycles. The first-order valence-corrected chi connectivity index (χ1v) is 10.6. The molecule has 32 heavy (non-hydrogen) atoms. The molecule has 8 heteroatoms. The molecule has 1 unspecified atom stereocenters. The normalized spacial score (nSPS) is 16.9. The lowest BCUT2D eigenvalue weighted by molar-refractivity contribution is -0.135. The van der Waals surface area contributed by atoms with Crippen molar-refractivity contribution in [2.75, 3.05) is 23.9 Å². The second kappa shape index (κ2) is 8.73. The van der Waals surface area contributed by atoms with Gasteiger partial charge in [-0.2, -0.15) is 0 Å². The van der Waals surface area contributed by atoms with Gasteiger partial charge in [-0.15, -0.1) is 0 Å². The maximum absolute atomic E-state index is 13.7. The number of halogens is 2. The molecule has 3 aromatic rings. The summed E-state index contributed by atoms with van der Waals surface area (Å²) < 4.78 is 5.34. The molecule has 1 atom stereocenters. The van der Waals surface area contributed by atoms with E-state index in [-0.39, 0.29) is 12.3 Å². The van der Waals surface area contributed by atoms with Crippen molar-refractivity contribution in [2.45, 2.75) is 12.0 Å². The largest absolute Gasteiger partial charge is 0.497 e. The summed E-state index contributed by atoms with van der Waals surface area (Å²) in [6.07, 6.45) is 0.193. The van der Waals surface area contributed by atoms with E-state index < -0.39 is 18.1 Å². The van der Waals surface area contributed by atoms with Crippen LogP contribution in [0.5, 0.6) is 5.75 Å². The fourth-order valence-electron chi connectivity index (χ4n) is 4.17. The van der Waals surface area contributed by atoms with Crippen LogP contribution < -0.4 is 15.0 Å². The van der Waals surface area contributed by atoms with Gasteiger partial charge < -0.3 is 20.1 Å². The third-order valence-corrected chi connectivity index (χ3v) is 5.99. The second-order valence-electron chi connectivity index (χ2n) is 7.49. The Morgan fingerprint density at radius 1 is 1.06 bits per heavy atom. The smallest absolute Gasteiger partial charge is 0.323 e. The van der Waals surface area contributed by atoms with Crippen LogP contribution >= 0.6 is 23.2 Å². The first-order valence-electron chi connectivity index (χ1n) is 9.83. The van der Waals surface area contributed by atoms with E-state index in [0.717, 1.165) is 5.56 Å². The summed E-state index contributed by atoms with van der Waals surface area (Å²) in [4.78, 5) is 27.2. The van der Waals surface area contributed by atoms with Gasteiger partial charge in [-0.3, -0.25) is 9.59 Å². The Bertz CT molecular complexity index is 1200. The van der Waals surface area contributed by atoms with E-state index in [1.54, 1.807) is 65.6 Å². The zero-order chi connectivity index (χ0) is 22.9. The summed E-state index contributed by atoms with van der Waals surface area (Å²) in [6, 6.07) is 19.3. The van der Waals surface area contributed by atoms with Crippen molar-refractivity contribution in [1.82, 2.24) is 0 Å². The molecule has 1 aliphatic heterocycles. The van der Waals surface area contributed by atoms with Gasteiger partial charge in [0.15, 0.2) is 5.54 Å². The third kappa shape index (κ3) is 3.99. The minimum Gasteiger partial charge on any atom is -0.497 e. The summed E-state index contributed by atoms with van der Waals surface area (Å²) in [7, 11) is 1.53. The quantitative estimate of drug-likeness (QED) is 0.508. The number of hydrogen-bond donors (Lipinski definition) is 2. The van der Waals surface area contributed by atoms with Crippen molar-refractivity contribution >= 4 is 46.5 Å². The van der Waals surface area contributed by atoms with Gasteiger partial charge in [0, 0.05) is 39.5 Å². The Kier molecular flexibility index (Phi) is 6.00. The predicted molar refractivity (Wildman–Crippen MR) is 125 cm³/mol. The number of rotatable bonds is 7. The molecule has 2 N–H and O–H groups in total. The van der Waals surface area contributed by atoms with Crippen LogP contribution in [0.4, 0.5) is 11.4 Å². The number of fused-ring (bicyclic) bond motifs is 1. The van der Waals surface area contributed by atoms with E-state index in [9.17, 15) is 14.7 Å². The lowest BCUT2D eigenvalue weighted by Crippen LogP contribution is -2.54. The minimum atomic E-state index is -1.35. The van der Waals surface area contributed by atoms with Crippen LogP contribution in [-0.4, -0.2) is 30.6 Å². The molecule has 0 saturated heterocycles. The molecule has 4 rings (SSSR count). The summed E-state index contributed by atoms with van der Waals surface area (Å²) >= 11 is 12.4. The van der Waals surface area contributed by atoms with Crippen LogP contribution in [0, 0.1) is 0 Å². The van der Waals surface area contributed by atoms with Crippen molar-refractivity contribution in [2.24, 2.45) is 0 Å². The van der Waals surface area contributed by atoms with Crippen LogP contribution in [0.15, 0.2) is 66.7 Å². The molecule has 0 saturated carbocycles. The van der Waals surface area contributed by atoms with Gasteiger partial charge in [0.25, 0.3) is 5.91 Å². The Morgan fingerprint density at radius 3 is 2.53 bits per heavy atom. The van der Waals surface area contributed by atoms with Crippen molar-refractivity contribution in [3.8, 4) is 5.75 Å². The Labute approximate surface area is 195 Å². The summed E-state index contributed by atoms with van der Waals surface area (Å²) in [5.74, 6) is -0.877. The molecule has 164 valence electrons. The maximum Gasteiger partial charge on any atom is 0.323 e. The van der Waals surface area contributed by atoms with Crippen molar-refractivity contribution < 1.29 is 19.4 Å². The van der Waals surface area contributed by atoms with E-state index in [1.807, 2.05) is 6.07 Å². The highest BCUT2D eigenvalue weighted by Crippen LogP contribution is 2.46. The molecule has 3 aromatic carbocycles. The van der Waals surface area contributed by atoms with E-state index in [4.69, 9.17) is 27.9 Å². The Morgan fingerprint density at radius 2 is 1.81 bits per heavy atom. The van der Waals surface area contributed by atoms with Crippen LogP contribution in [0.2, 0.25) is 10.0 Å². The average Bonchev–Trinajstić information content (AvgIpc) is 3.02. The summed E-state index contributed by atoms with van der Waals surface area (Å²) in [6.45, 7) is -0.413. The number of nitrogens with zero attached hydrogens (tertiary/aromatic N) is 1. The van der Waals surface area contributed by atoms with Crippen LogP contribution in [0.3, 0.4) is 0 Å². The number of benzene rings is 3. The number of carbonyl (C=O) groups excluding carboxylic acids is 1. The van der Waals surface area contributed by atoms with Gasteiger partial charge in [-0.05, 0) is 42.0 Å². The van der Waals surface area contributed by atoms with Gasteiger partial charge in [-0.1, -0.05) is 47.5 Å². The first kappa shape index (κ1) is 22.0. The summed E-state index contributed by atoms with van der Waals surface area (Å²) in [5, 5.41) is 13.7. The molecule has 0 bridgehead atoms. The monoisotopic (exact) mass is 470 g/mol. The van der Waals surface area contributed by atoms with Crippen molar-refractivity contribution in [3.05, 3.63) is 87.9 Å². The highest BCUT2D eigenvalue weighted by Gasteiger charge is 2.52. The topological polar surface area (TPSA) is 78.9 Å². The number of methoxy groups -OCH3 is 1. The fourth-order valence-corrected chi connectivity index (χ4v) is 4.56. The van der Waals surface area contributed by atoms with E-state index in [1.165, 1.54) is 7.11 Å². The highest BCUT2D eigenvalue weighted by atomic mass is 35.5. The molecule has 0 fully saturated rings. The molecule has 1 aliphatic rings. The fraction of sp³-hybridized carbons (Fsp3) is 0.167. The zero-order valence-corrected chi connectivity index (χ0v) is 18.7. The predicted octanol–water partition coefficient (Wildman–Crippen LogP) is 4.98. The minimum absolute atomic E-state index is 0.193. The number of amides is 1. The standard InChI is InChI=1S/C24H20Cl2N2O4/c1-32-19-7-3-6-18(12-19)28(14-22(29)30)24(13-15-4-2-5-16(25)10-15)20-9-8-17(26)11-21(20)27-23(24)31/h2-12H,13-14H2,1H3,(H,27,31)(H,29,30). The van der Waals surface area contributed by atoms with Crippen LogP contribution in [0.25, 0.3) is 0 Å². The molecule has 6 nitrogen and oxygen atoms in total. The van der Waals surface area contributed by atoms with Crippen LogP contribution in [-0.2, 0) is 21.5 Å². The van der Waals surface area contributed by atoms with Gasteiger partial charge in [0.2, 0.25) is 0 Å². The van der Waals surface area contributed by atoms with Crippen molar-refractivity contribution in [3.63, 3.8) is 0 Å². The SMILES string of the molecule is COc1cccc(N(CC(=O)O)C2(Cc3cccc(Cl)c3)C(=O)Nc3cc(Cl)ccc32)c1. The lowest BCUT2D eigenvalue weighted by Gasteiger charge is -2.41. The average molecular weight is 471 g/mol. The first-order chi connectivity index (χ1) is 15.3. The molecule has 0 aliphatic carbocycles. The van der Waals surface area contributed by atoms with Crippen LogP contribution in [0.1, 0.15) is 11.1 Å². The molecule has 0 spiro atoms. The van der Waals surface area contributed by atoms with E-state index in [0.29, 0.717) is 32.7 Å². The Balaban J connectivity index is 1.97. The number of aliphatic carboxylic acids is 1. The number of hydrogen-bond acceptors (Lipinski definition) is 4. The molecule has 0 radical (unpaired) electrons. The molecular formula is C24H20Cl2N2O4. The summed E-state index contributed by atoms with van der Waals surface area (Å²) in [5.41, 5.74) is 1.15. The number of ether oxygens (including phenoxy) is 1. The second-order valence-corrected chi connectivity index (χ2v) is 8.37. The zero-order valence-electron chi connectivity index (χ0n) is 17.1. The number of anilines is 2. The van der Waals surface area contributed by atoms with Gasteiger partial charge in [0.05, 0.1) is 7.11 Å². The lowest BCUT2D eigenvalue weighted by atomic mass is 9.82. The number of carboxylic acid groups (broad SMARTS) is 1. The Hall–Kier alpha value is -3.22. The van der Waals surface area contributed by atoms with Gasteiger partial charge in [0.1, 0.15) is 12.3 Å². The number of carboxylic acids is 1. The number of carbonyl (C=O) groups is 2. The van der Waals surface area contributed by atoms with E-state index >= 15 is 0 Å². The van der Waals surface area contributed by atoms with Gasteiger partial charge >= 0.3 is 5.97 Å². The molecule has 1 heterocycles. The highest BCUT2D eigenvalue weighted by molar-refractivity contribution is 6.31. The van der Waals surface area contributed by atoms with Crippen molar-refractivity contribution in [1.29, 1.82) is 0 Å². The maximum atomic E-state index is 13.7.